The molecule has 0 heterocycles. The Morgan fingerprint density at radius 3 is 2.22 bits per heavy atom. The molecule has 0 unspecified atom stereocenters. The Morgan fingerprint density at radius 1 is 1.09 bits per heavy atom. The van der Waals surface area contributed by atoms with Crippen molar-refractivity contribution in [1.29, 1.82) is 0 Å². The number of hydrogen-bond acceptors (Lipinski definition) is 4. The average Bonchev–Trinajstić information content (AvgIpc) is 2.52. The fourth-order valence-corrected chi connectivity index (χ4v) is 3.94. The van der Waals surface area contributed by atoms with Crippen LogP contribution in [0.25, 0.3) is 0 Å². The van der Waals surface area contributed by atoms with Gasteiger partial charge in [-0.25, -0.2) is 13.2 Å². The predicted octanol–water partition coefficient (Wildman–Crippen LogP) is 3.61. The van der Waals surface area contributed by atoms with Crippen molar-refractivity contribution in [2.24, 2.45) is 0 Å². The first-order valence-electron chi connectivity index (χ1n) is 6.39. The Bertz CT molecular complexity index is 832. The predicted molar refractivity (Wildman–Crippen MR) is 89.8 cm³/mol. The molecule has 0 fully saturated rings. The number of halogens is 2. The molecule has 8 heteroatoms. The maximum Gasteiger partial charge on any atom is 0.340 e. The number of carbonyl (C=O) groups is 1. The van der Waals surface area contributed by atoms with Crippen molar-refractivity contribution in [3.05, 3.63) is 58.1 Å². The Hall–Kier alpha value is -1.76. The molecule has 0 atom stereocenters. The second kappa shape index (κ2) is 6.78. The average molecular weight is 374 g/mol. The molecule has 23 heavy (non-hydrogen) atoms. The summed E-state index contributed by atoms with van der Waals surface area (Å²) in [5.74, 6) is -0.633. The molecule has 2 aromatic rings. The first kappa shape index (κ1) is 17.6. The summed E-state index contributed by atoms with van der Waals surface area (Å²) >= 11 is 11.7. The molecule has 0 bridgehead atoms. The van der Waals surface area contributed by atoms with E-state index in [1.165, 1.54) is 44.5 Å². The summed E-state index contributed by atoms with van der Waals surface area (Å²) in [6, 6.07) is 10.3. The van der Waals surface area contributed by atoms with Crippen molar-refractivity contribution in [3.8, 4) is 0 Å². The number of para-hydroxylation sites is 1. The maximum absolute atomic E-state index is 12.8. The smallest absolute Gasteiger partial charge is 0.340 e. The highest BCUT2D eigenvalue weighted by atomic mass is 35.5. The number of esters is 1. The van der Waals surface area contributed by atoms with Crippen LogP contribution >= 0.6 is 23.2 Å². The Balaban J connectivity index is 2.55. The van der Waals surface area contributed by atoms with Crippen LogP contribution < -0.4 is 4.31 Å². The van der Waals surface area contributed by atoms with Crippen molar-refractivity contribution in [2.45, 2.75) is 4.90 Å². The van der Waals surface area contributed by atoms with Gasteiger partial charge >= 0.3 is 5.97 Å². The van der Waals surface area contributed by atoms with E-state index in [-0.39, 0.29) is 26.2 Å². The van der Waals surface area contributed by atoms with E-state index in [1.54, 1.807) is 12.1 Å². The highest BCUT2D eigenvalue weighted by Gasteiger charge is 2.26. The van der Waals surface area contributed by atoms with Gasteiger partial charge < -0.3 is 4.74 Å². The van der Waals surface area contributed by atoms with E-state index < -0.39 is 16.0 Å². The van der Waals surface area contributed by atoms with E-state index in [4.69, 9.17) is 23.2 Å². The van der Waals surface area contributed by atoms with Crippen molar-refractivity contribution in [3.63, 3.8) is 0 Å². The van der Waals surface area contributed by atoms with E-state index in [9.17, 15) is 13.2 Å². The molecule has 0 aromatic heterocycles. The second-order valence-corrected chi connectivity index (χ2v) is 7.43. The SMILES string of the molecule is COC(=O)c1ccccc1N(C)S(=O)(=O)c1cc(Cl)cc(Cl)c1. The molecule has 2 rings (SSSR count). The van der Waals surface area contributed by atoms with Crippen molar-refractivity contribution < 1.29 is 17.9 Å². The summed E-state index contributed by atoms with van der Waals surface area (Å²) in [5.41, 5.74) is 0.324. The topological polar surface area (TPSA) is 63.7 Å². The van der Waals surface area contributed by atoms with Gasteiger partial charge in [0.2, 0.25) is 0 Å². The summed E-state index contributed by atoms with van der Waals surface area (Å²) in [7, 11) is -1.38. The molecule has 0 aliphatic heterocycles. The zero-order valence-electron chi connectivity index (χ0n) is 12.3. The van der Waals surface area contributed by atoms with Crippen LogP contribution in [0.1, 0.15) is 10.4 Å². The molecular formula is C15H13Cl2NO4S. The fourth-order valence-electron chi connectivity index (χ4n) is 2.00. The van der Waals surface area contributed by atoms with E-state index in [0.29, 0.717) is 0 Å². The number of carbonyl (C=O) groups excluding carboxylic acids is 1. The highest BCUT2D eigenvalue weighted by molar-refractivity contribution is 7.92. The standard InChI is InChI=1S/C15H13Cl2NO4S/c1-18(14-6-4-3-5-13(14)15(19)22-2)23(20,21)12-8-10(16)7-11(17)9-12/h3-9H,1-2H3. The number of rotatable bonds is 4. The molecule has 0 saturated carbocycles. The molecule has 0 N–H and O–H groups in total. The van der Waals surface area contributed by atoms with Crippen LogP contribution in [0.15, 0.2) is 47.4 Å². The number of benzene rings is 2. The molecule has 0 saturated heterocycles. The second-order valence-electron chi connectivity index (χ2n) is 4.59. The van der Waals surface area contributed by atoms with Gasteiger partial charge in [0, 0.05) is 17.1 Å². The number of anilines is 1. The van der Waals surface area contributed by atoms with E-state index in [0.717, 1.165) is 4.31 Å². The Kier molecular flexibility index (Phi) is 5.19. The van der Waals surface area contributed by atoms with Crippen molar-refractivity contribution >= 4 is 44.9 Å². The van der Waals surface area contributed by atoms with Gasteiger partial charge in [-0.1, -0.05) is 35.3 Å². The van der Waals surface area contributed by atoms with Crippen molar-refractivity contribution in [1.82, 2.24) is 0 Å². The van der Waals surface area contributed by atoms with E-state index in [2.05, 4.69) is 4.74 Å². The molecule has 2 aromatic carbocycles. The first-order chi connectivity index (χ1) is 10.8. The van der Waals surface area contributed by atoms with Gasteiger partial charge in [0.25, 0.3) is 10.0 Å². The molecule has 0 amide bonds. The Labute approximate surface area is 144 Å². The number of sulfonamides is 1. The lowest BCUT2D eigenvalue weighted by Crippen LogP contribution is -2.28. The van der Waals surface area contributed by atoms with Gasteiger partial charge in [0.05, 0.1) is 23.3 Å². The highest BCUT2D eigenvalue weighted by Crippen LogP contribution is 2.29. The molecule has 0 radical (unpaired) electrons. The van der Waals surface area contributed by atoms with Gasteiger partial charge in [-0.2, -0.15) is 0 Å². The molecule has 5 nitrogen and oxygen atoms in total. The van der Waals surface area contributed by atoms with Gasteiger partial charge in [0.1, 0.15) is 0 Å². The van der Waals surface area contributed by atoms with Crippen LogP contribution in [-0.2, 0) is 14.8 Å². The molecule has 0 aliphatic rings. The summed E-state index contributed by atoms with van der Waals surface area (Å²) in [6.45, 7) is 0. The zero-order chi connectivity index (χ0) is 17.2. The summed E-state index contributed by atoms with van der Waals surface area (Å²) in [5, 5.41) is 0.399. The number of methoxy groups -OCH3 is 1. The minimum atomic E-state index is -3.94. The normalized spacial score (nSPS) is 11.1. The lowest BCUT2D eigenvalue weighted by molar-refractivity contribution is 0.0601. The minimum Gasteiger partial charge on any atom is -0.465 e. The third-order valence-corrected chi connectivity index (χ3v) is 5.33. The quantitative estimate of drug-likeness (QED) is 0.767. The van der Waals surface area contributed by atoms with Gasteiger partial charge in [-0.05, 0) is 30.3 Å². The monoisotopic (exact) mass is 373 g/mol. The van der Waals surface area contributed by atoms with Gasteiger partial charge in [-0.15, -0.1) is 0 Å². The zero-order valence-corrected chi connectivity index (χ0v) is 14.6. The van der Waals surface area contributed by atoms with Crippen LogP contribution in [0, 0.1) is 0 Å². The van der Waals surface area contributed by atoms with E-state index >= 15 is 0 Å². The summed E-state index contributed by atoms with van der Waals surface area (Å²) in [4.78, 5) is 11.8. The van der Waals surface area contributed by atoms with Crippen molar-refractivity contribution in [2.75, 3.05) is 18.5 Å². The molecule has 0 spiro atoms. The lowest BCUT2D eigenvalue weighted by Gasteiger charge is -2.21. The minimum absolute atomic E-state index is 0.0721. The maximum atomic E-state index is 12.8. The lowest BCUT2D eigenvalue weighted by atomic mass is 10.2. The first-order valence-corrected chi connectivity index (χ1v) is 8.59. The van der Waals surface area contributed by atoms with Crippen LogP contribution in [0.5, 0.6) is 0 Å². The van der Waals surface area contributed by atoms with Gasteiger partial charge in [-0.3, -0.25) is 4.31 Å². The van der Waals surface area contributed by atoms with Crippen LogP contribution in [0.2, 0.25) is 10.0 Å². The third-order valence-electron chi connectivity index (χ3n) is 3.14. The number of ether oxygens (including phenoxy) is 1. The number of nitrogens with zero attached hydrogens (tertiary/aromatic N) is 1. The van der Waals surface area contributed by atoms with Gasteiger partial charge in [0.15, 0.2) is 0 Å². The molecule has 0 aliphatic carbocycles. The fraction of sp³-hybridized carbons (Fsp3) is 0.133. The van der Waals surface area contributed by atoms with Crippen LogP contribution in [0.4, 0.5) is 5.69 Å². The largest absolute Gasteiger partial charge is 0.465 e. The molecule has 122 valence electrons. The van der Waals surface area contributed by atoms with E-state index in [1.807, 2.05) is 0 Å². The van der Waals surface area contributed by atoms with Crippen LogP contribution in [0.3, 0.4) is 0 Å². The van der Waals surface area contributed by atoms with Crippen LogP contribution in [-0.4, -0.2) is 28.5 Å². The number of hydrogen-bond donors (Lipinski definition) is 0. The summed E-state index contributed by atoms with van der Waals surface area (Å²) < 4.78 is 31.2. The summed E-state index contributed by atoms with van der Waals surface area (Å²) in [6.07, 6.45) is 0. The third kappa shape index (κ3) is 3.60. The Morgan fingerprint density at radius 2 is 1.65 bits per heavy atom. The molecular weight excluding hydrogens is 361 g/mol.